The van der Waals surface area contributed by atoms with Crippen molar-refractivity contribution in [1.29, 1.82) is 0 Å². The molecule has 0 saturated heterocycles. The molecule has 0 aliphatic heterocycles. The van der Waals surface area contributed by atoms with Gasteiger partial charge in [0.25, 0.3) is 0 Å². The van der Waals surface area contributed by atoms with E-state index in [0.29, 0.717) is 23.6 Å². The zero-order valence-corrected chi connectivity index (χ0v) is 15.3. The topological polar surface area (TPSA) is 49.4 Å². The van der Waals surface area contributed by atoms with Crippen molar-refractivity contribution in [3.8, 4) is 0 Å². The fraction of sp³-hybridized carbons (Fsp3) is 0.571. The van der Waals surface area contributed by atoms with E-state index in [1.54, 1.807) is 20.2 Å². The van der Waals surface area contributed by atoms with Crippen LogP contribution < -0.4 is 5.32 Å². The Bertz CT molecular complexity index is 616. The van der Waals surface area contributed by atoms with Crippen LogP contribution in [0.2, 0.25) is 10.0 Å². The third kappa shape index (κ3) is 3.90. The van der Waals surface area contributed by atoms with Crippen LogP contribution in [0.15, 0.2) is 17.0 Å². The Balaban J connectivity index is 3.41. The Kier molecular flexibility index (Phi) is 6.09. The lowest BCUT2D eigenvalue weighted by molar-refractivity contribution is 0.257. The molecule has 4 nitrogen and oxygen atoms in total. The van der Waals surface area contributed by atoms with Gasteiger partial charge in [-0.15, -0.1) is 0 Å². The number of rotatable bonds is 6. The average Bonchev–Trinajstić information content (AvgIpc) is 2.40. The van der Waals surface area contributed by atoms with Gasteiger partial charge < -0.3 is 5.32 Å². The van der Waals surface area contributed by atoms with Crippen molar-refractivity contribution in [3.05, 3.63) is 27.7 Å². The molecule has 1 aromatic carbocycles. The molecule has 0 heterocycles. The van der Waals surface area contributed by atoms with E-state index >= 15 is 0 Å². The minimum Gasteiger partial charge on any atom is -0.316 e. The molecule has 0 aromatic heterocycles. The molecule has 7 heteroatoms. The van der Waals surface area contributed by atoms with Gasteiger partial charge in [-0.25, -0.2) is 8.42 Å². The summed E-state index contributed by atoms with van der Waals surface area (Å²) in [6, 6.07) is 3.02. The highest BCUT2D eigenvalue weighted by Crippen LogP contribution is 2.33. The summed E-state index contributed by atoms with van der Waals surface area (Å²) >= 11 is 12.2. The van der Waals surface area contributed by atoms with Crippen molar-refractivity contribution in [1.82, 2.24) is 9.62 Å². The van der Waals surface area contributed by atoms with E-state index in [9.17, 15) is 8.42 Å². The third-order valence-electron chi connectivity index (χ3n) is 3.82. The van der Waals surface area contributed by atoms with Crippen LogP contribution in [-0.2, 0) is 16.6 Å². The second-order valence-electron chi connectivity index (χ2n) is 5.54. The number of sulfonamides is 1. The highest BCUT2D eigenvalue weighted by molar-refractivity contribution is 7.89. The minimum absolute atomic E-state index is 0.0860. The summed E-state index contributed by atoms with van der Waals surface area (Å²) in [4.78, 5) is 0.0860. The molecule has 120 valence electrons. The van der Waals surface area contributed by atoms with E-state index in [1.165, 1.54) is 10.4 Å². The molecule has 0 atom stereocenters. The highest BCUT2D eigenvalue weighted by Gasteiger charge is 2.34. The Hall–Kier alpha value is -0.330. The molecule has 0 spiro atoms. The molecule has 1 rings (SSSR count). The zero-order chi connectivity index (χ0) is 16.4. The van der Waals surface area contributed by atoms with Gasteiger partial charge in [0.2, 0.25) is 10.0 Å². The Morgan fingerprint density at radius 3 is 2.29 bits per heavy atom. The summed E-state index contributed by atoms with van der Waals surface area (Å²) in [5.74, 6) is 0. The van der Waals surface area contributed by atoms with Crippen molar-refractivity contribution >= 4 is 33.2 Å². The summed E-state index contributed by atoms with van der Waals surface area (Å²) in [5, 5.41) is 3.54. The summed E-state index contributed by atoms with van der Waals surface area (Å²) in [7, 11) is -0.342. The van der Waals surface area contributed by atoms with Crippen molar-refractivity contribution < 1.29 is 8.42 Å². The molecule has 0 radical (unpaired) electrons. The molecule has 0 aliphatic rings. The largest absolute Gasteiger partial charge is 0.316 e. The fourth-order valence-corrected chi connectivity index (χ4v) is 4.20. The van der Waals surface area contributed by atoms with Crippen molar-refractivity contribution in [2.75, 3.05) is 14.1 Å². The molecule has 0 fully saturated rings. The van der Waals surface area contributed by atoms with Gasteiger partial charge in [-0.1, -0.05) is 30.1 Å². The van der Waals surface area contributed by atoms with E-state index in [0.717, 1.165) is 0 Å². The Morgan fingerprint density at radius 2 is 1.81 bits per heavy atom. The van der Waals surface area contributed by atoms with Crippen molar-refractivity contribution in [2.24, 2.45) is 0 Å². The number of nitrogens with one attached hydrogen (secondary N) is 1. The van der Waals surface area contributed by atoms with Gasteiger partial charge in [0, 0.05) is 24.2 Å². The molecule has 0 aliphatic carbocycles. The molecular formula is C14H22Cl2N2O2S. The van der Waals surface area contributed by atoms with Crippen LogP contribution in [0.3, 0.4) is 0 Å². The molecular weight excluding hydrogens is 331 g/mol. The predicted molar refractivity (Wildman–Crippen MR) is 88.5 cm³/mol. The Morgan fingerprint density at radius 1 is 1.24 bits per heavy atom. The van der Waals surface area contributed by atoms with E-state index < -0.39 is 15.6 Å². The van der Waals surface area contributed by atoms with E-state index in [-0.39, 0.29) is 9.92 Å². The minimum atomic E-state index is -3.68. The molecule has 0 amide bonds. The lowest BCUT2D eigenvalue weighted by Crippen LogP contribution is -2.44. The van der Waals surface area contributed by atoms with Gasteiger partial charge >= 0.3 is 0 Å². The van der Waals surface area contributed by atoms with Crippen molar-refractivity contribution in [2.45, 2.75) is 44.2 Å². The highest BCUT2D eigenvalue weighted by atomic mass is 35.5. The fourth-order valence-electron chi connectivity index (χ4n) is 1.79. The monoisotopic (exact) mass is 352 g/mol. The standard InChI is InChI=1S/C14H22Cl2N2O2S/c1-6-14(2,3)18(5)21(19,20)13-7-10(9-17-4)11(15)8-12(13)16/h7-8,17H,6,9H2,1-5H3. The second kappa shape index (κ2) is 6.84. The molecule has 0 unspecified atom stereocenters. The van der Waals surface area contributed by atoms with Crippen LogP contribution >= 0.6 is 23.2 Å². The number of halogens is 2. The summed E-state index contributed by atoms with van der Waals surface area (Å²) in [5.41, 5.74) is 0.204. The third-order valence-corrected chi connectivity index (χ3v) is 6.71. The number of hydrogen-bond acceptors (Lipinski definition) is 3. The lowest BCUT2D eigenvalue weighted by atomic mass is 10.0. The van der Waals surface area contributed by atoms with Gasteiger partial charge in [0.1, 0.15) is 4.90 Å². The summed E-state index contributed by atoms with van der Waals surface area (Å²) < 4.78 is 27.0. The number of nitrogens with zero attached hydrogens (tertiary/aromatic N) is 1. The lowest BCUT2D eigenvalue weighted by Gasteiger charge is -2.34. The maximum atomic E-state index is 12.8. The van der Waals surface area contributed by atoms with Gasteiger partial charge in [-0.05, 0) is 45.0 Å². The Labute approximate surface area is 137 Å². The van der Waals surface area contributed by atoms with Crippen LogP contribution in [0.25, 0.3) is 0 Å². The summed E-state index contributed by atoms with van der Waals surface area (Å²) in [6.07, 6.45) is 0.692. The molecule has 1 aromatic rings. The predicted octanol–water partition coefficient (Wildman–Crippen LogP) is 3.52. The first kappa shape index (κ1) is 18.7. The first-order valence-electron chi connectivity index (χ1n) is 6.69. The van der Waals surface area contributed by atoms with Crippen LogP contribution in [0.1, 0.15) is 32.8 Å². The normalized spacial score (nSPS) is 13.0. The average molecular weight is 353 g/mol. The SMILES string of the molecule is CCC(C)(C)N(C)S(=O)(=O)c1cc(CNC)c(Cl)cc1Cl. The van der Waals surface area contributed by atoms with Gasteiger partial charge in [-0.3, -0.25) is 0 Å². The summed E-state index contributed by atoms with van der Waals surface area (Å²) in [6.45, 7) is 6.17. The zero-order valence-electron chi connectivity index (χ0n) is 13.0. The molecule has 21 heavy (non-hydrogen) atoms. The molecule has 1 N–H and O–H groups in total. The first-order valence-corrected chi connectivity index (χ1v) is 8.89. The van der Waals surface area contributed by atoms with Crippen molar-refractivity contribution in [3.63, 3.8) is 0 Å². The number of hydrogen-bond donors (Lipinski definition) is 1. The van der Waals surface area contributed by atoms with E-state index in [2.05, 4.69) is 5.32 Å². The quantitative estimate of drug-likeness (QED) is 0.851. The van der Waals surface area contributed by atoms with Crippen LogP contribution in [-0.4, -0.2) is 32.4 Å². The van der Waals surface area contributed by atoms with Gasteiger partial charge in [0.15, 0.2) is 0 Å². The molecule has 0 saturated carbocycles. The maximum absolute atomic E-state index is 12.8. The van der Waals surface area contributed by atoms with Gasteiger partial charge in [0.05, 0.1) is 5.02 Å². The van der Waals surface area contributed by atoms with E-state index in [1.807, 2.05) is 20.8 Å². The van der Waals surface area contributed by atoms with E-state index in [4.69, 9.17) is 23.2 Å². The second-order valence-corrected chi connectivity index (χ2v) is 8.29. The number of benzene rings is 1. The molecule has 0 bridgehead atoms. The maximum Gasteiger partial charge on any atom is 0.244 e. The van der Waals surface area contributed by atoms with Crippen LogP contribution in [0.4, 0.5) is 0 Å². The first-order chi connectivity index (χ1) is 9.57. The van der Waals surface area contributed by atoms with Crippen LogP contribution in [0, 0.1) is 0 Å². The smallest absolute Gasteiger partial charge is 0.244 e. The van der Waals surface area contributed by atoms with Crippen LogP contribution in [0.5, 0.6) is 0 Å². The van der Waals surface area contributed by atoms with Gasteiger partial charge in [-0.2, -0.15) is 4.31 Å².